The first-order valence-electron chi connectivity index (χ1n) is 7.22. The highest BCUT2D eigenvalue weighted by Crippen LogP contribution is 2.29. The van der Waals surface area contributed by atoms with E-state index < -0.39 is 0 Å². The molecule has 0 aliphatic carbocycles. The van der Waals surface area contributed by atoms with Crippen LogP contribution in [0.25, 0.3) is 0 Å². The summed E-state index contributed by atoms with van der Waals surface area (Å²) in [4.78, 5) is 24.0. The number of rotatable bonds is 6. The number of carbonyl (C=O) groups excluding carboxylic acids is 2. The molecular weight excluding hydrogens is 310 g/mol. The fourth-order valence-corrected chi connectivity index (χ4v) is 2.20. The van der Waals surface area contributed by atoms with Gasteiger partial charge < -0.3 is 19.5 Å². The van der Waals surface area contributed by atoms with Crippen LogP contribution in [0, 0.1) is 0 Å². The number of hydrogen-bond acceptors (Lipinski definition) is 5. The van der Waals surface area contributed by atoms with Gasteiger partial charge in [0.05, 0.1) is 27.0 Å². The first kappa shape index (κ1) is 17.3. The molecule has 0 saturated carbocycles. The number of nitrogens with one attached hydrogen (secondary N) is 1. The van der Waals surface area contributed by atoms with E-state index in [1.165, 1.54) is 28.3 Å². The van der Waals surface area contributed by atoms with E-state index in [9.17, 15) is 9.59 Å². The Bertz CT molecular complexity index is 770. The molecule has 0 atom stereocenters. The van der Waals surface area contributed by atoms with Gasteiger partial charge in [-0.05, 0) is 43.3 Å². The van der Waals surface area contributed by atoms with Crippen LogP contribution in [0.15, 0.2) is 36.4 Å². The molecule has 0 bridgehead atoms. The molecule has 126 valence electrons. The largest absolute Gasteiger partial charge is 0.495 e. The minimum atomic E-state index is -0.352. The number of carbonyl (C=O) groups is 2. The fraction of sp³-hybridized carbons (Fsp3) is 0.222. The van der Waals surface area contributed by atoms with E-state index in [0.29, 0.717) is 34.1 Å². The molecular formula is C18H19NO5. The number of benzene rings is 2. The van der Waals surface area contributed by atoms with Crippen molar-refractivity contribution in [3.8, 4) is 17.2 Å². The van der Waals surface area contributed by atoms with Gasteiger partial charge in [0, 0.05) is 11.1 Å². The Kier molecular flexibility index (Phi) is 5.42. The summed E-state index contributed by atoms with van der Waals surface area (Å²) in [6.07, 6.45) is 0. The van der Waals surface area contributed by atoms with Gasteiger partial charge >= 0.3 is 0 Å². The van der Waals surface area contributed by atoms with E-state index in [1.54, 1.807) is 36.4 Å². The average Bonchev–Trinajstić information content (AvgIpc) is 2.60. The summed E-state index contributed by atoms with van der Waals surface area (Å²) in [5, 5.41) is 2.75. The molecule has 0 unspecified atom stereocenters. The molecule has 2 rings (SSSR count). The van der Waals surface area contributed by atoms with E-state index in [0.717, 1.165) is 0 Å². The lowest BCUT2D eigenvalue weighted by Crippen LogP contribution is -2.13. The van der Waals surface area contributed by atoms with E-state index in [4.69, 9.17) is 14.2 Å². The third kappa shape index (κ3) is 3.65. The predicted molar refractivity (Wildman–Crippen MR) is 90.5 cm³/mol. The molecule has 0 radical (unpaired) electrons. The van der Waals surface area contributed by atoms with Crippen LogP contribution in [0.5, 0.6) is 17.2 Å². The second kappa shape index (κ2) is 7.50. The summed E-state index contributed by atoms with van der Waals surface area (Å²) in [6, 6.07) is 9.72. The Morgan fingerprint density at radius 2 is 1.38 bits per heavy atom. The lowest BCUT2D eigenvalue weighted by atomic mass is 10.1. The highest BCUT2D eigenvalue weighted by Gasteiger charge is 2.14. The zero-order chi connectivity index (χ0) is 17.7. The van der Waals surface area contributed by atoms with Gasteiger partial charge in [-0.15, -0.1) is 0 Å². The molecule has 0 spiro atoms. The van der Waals surface area contributed by atoms with Crippen LogP contribution in [0.4, 0.5) is 5.69 Å². The van der Waals surface area contributed by atoms with Gasteiger partial charge in [-0.2, -0.15) is 0 Å². The molecule has 6 heteroatoms. The van der Waals surface area contributed by atoms with Crippen LogP contribution < -0.4 is 19.5 Å². The van der Waals surface area contributed by atoms with Crippen LogP contribution in [0.1, 0.15) is 27.6 Å². The number of anilines is 1. The van der Waals surface area contributed by atoms with Gasteiger partial charge in [0.15, 0.2) is 17.3 Å². The predicted octanol–water partition coefficient (Wildman–Crippen LogP) is 3.17. The van der Waals surface area contributed by atoms with E-state index in [-0.39, 0.29) is 11.7 Å². The molecule has 0 saturated heterocycles. The Morgan fingerprint density at radius 3 is 1.96 bits per heavy atom. The molecule has 1 amide bonds. The number of ketones is 1. The Balaban J connectivity index is 2.32. The van der Waals surface area contributed by atoms with Gasteiger partial charge in [-0.25, -0.2) is 0 Å². The Morgan fingerprint density at radius 1 is 0.792 bits per heavy atom. The van der Waals surface area contributed by atoms with Gasteiger partial charge in [-0.1, -0.05) is 0 Å². The maximum Gasteiger partial charge on any atom is 0.255 e. The van der Waals surface area contributed by atoms with Crippen molar-refractivity contribution < 1.29 is 23.8 Å². The summed E-state index contributed by atoms with van der Waals surface area (Å²) in [5.74, 6) is 1.00. The maximum absolute atomic E-state index is 12.5. The van der Waals surface area contributed by atoms with Gasteiger partial charge in [0.1, 0.15) is 5.75 Å². The van der Waals surface area contributed by atoms with Gasteiger partial charge in [0.2, 0.25) is 0 Å². The SMILES string of the molecule is COc1ccc(C(C)=O)cc1NC(=O)c1ccc(OC)c(OC)c1. The van der Waals surface area contributed by atoms with Crippen LogP contribution >= 0.6 is 0 Å². The van der Waals surface area contributed by atoms with E-state index >= 15 is 0 Å². The summed E-state index contributed by atoms with van der Waals surface area (Å²) in [7, 11) is 4.52. The molecule has 2 aromatic rings. The normalized spacial score (nSPS) is 10.0. The molecule has 0 heterocycles. The summed E-state index contributed by atoms with van der Waals surface area (Å²) >= 11 is 0. The van der Waals surface area contributed by atoms with Crippen molar-refractivity contribution in [3.63, 3.8) is 0 Å². The molecule has 0 aromatic heterocycles. The number of amides is 1. The average molecular weight is 329 g/mol. The topological polar surface area (TPSA) is 73.9 Å². The molecule has 0 aliphatic heterocycles. The standard InChI is InChI=1S/C18H19NO5/c1-11(20)12-5-7-15(22-2)14(9-12)19-18(21)13-6-8-16(23-3)17(10-13)24-4/h5-10H,1-4H3,(H,19,21). The van der Waals surface area contributed by atoms with Gasteiger partial charge in [-0.3, -0.25) is 9.59 Å². The van der Waals surface area contributed by atoms with Gasteiger partial charge in [0.25, 0.3) is 5.91 Å². The zero-order valence-electron chi connectivity index (χ0n) is 14.0. The smallest absolute Gasteiger partial charge is 0.255 e. The van der Waals surface area contributed by atoms with Crippen molar-refractivity contribution in [1.29, 1.82) is 0 Å². The summed E-state index contributed by atoms with van der Waals surface area (Å²) in [5.41, 5.74) is 1.30. The zero-order valence-corrected chi connectivity index (χ0v) is 14.0. The second-order valence-corrected chi connectivity index (χ2v) is 5.00. The van der Waals surface area contributed by atoms with Crippen molar-refractivity contribution in [3.05, 3.63) is 47.5 Å². The van der Waals surface area contributed by atoms with Crippen molar-refractivity contribution in [2.24, 2.45) is 0 Å². The number of Topliss-reactive ketones (excluding diaryl/α,β-unsaturated/α-hetero) is 1. The quantitative estimate of drug-likeness (QED) is 0.824. The van der Waals surface area contributed by atoms with Crippen molar-refractivity contribution >= 4 is 17.4 Å². The lowest BCUT2D eigenvalue weighted by Gasteiger charge is -2.13. The minimum Gasteiger partial charge on any atom is -0.495 e. The molecule has 0 aliphatic rings. The van der Waals surface area contributed by atoms with Crippen LogP contribution in [-0.4, -0.2) is 33.0 Å². The monoisotopic (exact) mass is 329 g/mol. The second-order valence-electron chi connectivity index (χ2n) is 5.00. The first-order valence-corrected chi connectivity index (χ1v) is 7.22. The Hall–Kier alpha value is -3.02. The maximum atomic E-state index is 12.5. The number of hydrogen-bond donors (Lipinski definition) is 1. The number of methoxy groups -OCH3 is 3. The van der Waals surface area contributed by atoms with E-state index in [1.807, 2.05) is 0 Å². The third-order valence-electron chi connectivity index (χ3n) is 3.50. The minimum absolute atomic E-state index is 0.0979. The molecule has 1 N–H and O–H groups in total. The van der Waals surface area contributed by atoms with E-state index in [2.05, 4.69) is 5.32 Å². The molecule has 6 nitrogen and oxygen atoms in total. The first-order chi connectivity index (χ1) is 11.5. The van der Waals surface area contributed by atoms with Crippen LogP contribution in [0.3, 0.4) is 0 Å². The molecule has 0 fully saturated rings. The fourth-order valence-electron chi connectivity index (χ4n) is 2.20. The highest BCUT2D eigenvalue weighted by atomic mass is 16.5. The third-order valence-corrected chi connectivity index (χ3v) is 3.50. The summed E-state index contributed by atoms with van der Waals surface area (Å²) < 4.78 is 15.6. The summed E-state index contributed by atoms with van der Waals surface area (Å²) in [6.45, 7) is 1.46. The van der Waals surface area contributed by atoms with Crippen LogP contribution in [-0.2, 0) is 0 Å². The van der Waals surface area contributed by atoms with Crippen LogP contribution in [0.2, 0.25) is 0 Å². The molecule has 2 aromatic carbocycles. The lowest BCUT2D eigenvalue weighted by molar-refractivity contribution is 0.101. The number of ether oxygens (including phenoxy) is 3. The van der Waals surface area contributed by atoms with Crippen molar-refractivity contribution in [2.45, 2.75) is 6.92 Å². The Labute approximate surface area is 140 Å². The molecule has 24 heavy (non-hydrogen) atoms. The highest BCUT2D eigenvalue weighted by molar-refractivity contribution is 6.06. The van der Waals surface area contributed by atoms with Crippen molar-refractivity contribution in [1.82, 2.24) is 0 Å². The van der Waals surface area contributed by atoms with Crippen molar-refractivity contribution in [2.75, 3.05) is 26.6 Å².